The Hall–Kier alpha value is -3.56. The van der Waals surface area contributed by atoms with E-state index in [2.05, 4.69) is 10.1 Å². The third-order valence-electron chi connectivity index (χ3n) is 4.26. The standard InChI is InChI=1S/C21H19F3N2O5/c1-4-29-20(27)19-25-18(26-31-19)14-9-12(2)17(16(10-14)21(22,23)24)30-11-13-5-7-15(28-3)8-6-13/h5-10H,4,11H2,1-3H3. The number of ether oxygens (including phenoxy) is 3. The van der Waals surface area contributed by atoms with Crippen molar-refractivity contribution in [1.82, 2.24) is 10.1 Å². The van der Waals surface area contributed by atoms with Crippen LogP contribution in [-0.4, -0.2) is 29.8 Å². The normalized spacial score (nSPS) is 11.3. The number of hydrogen-bond donors (Lipinski definition) is 0. The highest BCUT2D eigenvalue weighted by Gasteiger charge is 2.36. The van der Waals surface area contributed by atoms with Gasteiger partial charge in [-0.25, -0.2) is 4.79 Å². The van der Waals surface area contributed by atoms with Crippen LogP contribution in [0.5, 0.6) is 11.5 Å². The maximum Gasteiger partial charge on any atom is 0.419 e. The lowest BCUT2D eigenvalue weighted by Crippen LogP contribution is -2.11. The van der Waals surface area contributed by atoms with Crippen molar-refractivity contribution in [2.45, 2.75) is 26.6 Å². The Labute approximate surface area is 175 Å². The first kappa shape index (κ1) is 22.1. The zero-order valence-electron chi connectivity index (χ0n) is 16.9. The molecule has 3 rings (SSSR count). The highest BCUT2D eigenvalue weighted by atomic mass is 19.4. The molecule has 0 aliphatic rings. The molecule has 0 unspecified atom stereocenters. The molecule has 1 aromatic heterocycles. The van der Waals surface area contributed by atoms with Gasteiger partial charge < -0.3 is 18.7 Å². The lowest BCUT2D eigenvalue weighted by molar-refractivity contribution is -0.139. The van der Waals surface area contributed by atoms with Crippen molar-refractivity contribution >= 4 is 5.97 Å². The monoisotopic (exact) mass is 436 g/mol. The van der Waals surface area contributed by atoms with E-state index in [0.29, 0.717) is 11.3 Å². The van der Waals surface area contributed by atoms with Crippen LogP contribution in [-0.2, 0) is 17.5 Å². The van der Waals surface area contributed by atoms with E-state index >= 15 is 0 Å². The Bertz CT molecular complexity index is 1060. The fourth-order valence-electron chi connectivity index (χ4n) is 2.80. The summed E-state index contributed by atoms with van der Waals surface area (Å²) in [5.74, 6) is -1.14. The summed E-state index contributed by atoms with van der Waals surface area (Å²) in [6.07, 6.45) is -4.69. The highest BCUT2D eigenvalue weighted by molar-refractivity contribution is 5.84. The second-order valence-corrected chi connectivity index (χ2v) is 6.45. The van der Waals surface area contributed by atoms with Gasteiger partial charge in [-0.1, -0.05) is 17.3 Å². The largest absolute Gasteiger partial charge is 0.497 e. The lowest BCUT2D eigenvalue weighted by Gasteiger charge is -2.17. The first-order chi connectivity index (χ1) is 14.7. The molecule has 0 fully saturated rings. The molecule has 7 nitrogen and oxygen atoms in total. The molecule has 0 aliphatic heterocycles. The number of halogens is 3. The summed E-state index contributed by atoms with van der Waals surface area (Å²) >= 11 is 0. The molecule has 1 heterocycles. The second kappa shape index (κ2) is 9.07. The van der Waals surface area contributed by atoms with Gasteiger partial charge in [0.15, 0.2) is 0 Å². The molecule has 164 valence electrons. The van der Waals surface area contributed by atoms with E-state index in [1.54, 1.807) is 31.2 Å². The molecule has 3 aromatic rings. The molecule has 10 heteroatoms. The minimum atomic E-state index is -4.69. The average molecular weight is 436 g/mol. The van der Waals surface area contributed by atoms with Crippen LogP contribution in [0, 0.1) is 6.92 Å². The molecule has 2 aromatic carbocycles. The number of esters is 1. The van der Waals surface area contributed by atoms with Gasteiger partial charge in [-0.2, -0.15) is 18.2 Å². The van der Waals surface area contributed by atoms with Crippen LogP contribution in [0.2, 0.25) is 0 Å². The maximum atomic E-state index is 13.7. The molecule has 0 spiro atoms. The number of methoxy groups -OCH3 is 1. The van der Waals surface area contributed by atoms with E-state index in [0.717, 1.165) is 6.07 Å². The Morgan fingerprint density at radius 2 is 1.87 bits per heavy atom. The number of aryl methyl sites for hydroxylation is 1. The molecule has 0 aliphatic carbocycles. The number of alkyl halides is 3. The van der Waals surface area contributed by atoms with E-state index in [1.807, 2.05) is 0 Å². The number of carbonyl (C=O) groups excluding carboxylic acids is 1. The number of rotatable bonds is 7. The summed E-state index contributed by atoms with van der Waals surface area (Å²) in [5.41, 5.74) is -0.0603. The van der Waals surface area contributed by atoms with Gasteiger partial charge in [0.1, 0.15) is 18.1 Å². The summed E-state index contributed by atoms with van der Waals surface area (Å²) in [5, 5.41) is 3.59. The van der Waals surface area contributed by atoms with Crippen molar-refractivity contribution in [3.63, 3.8) is 0 Å². The van der Waals surface area contributed by atoms with E-state index in [1.165, 1.54) is 20.1 Å². The zero-order chi connectivity index (χ0) is 22.6. The van der Waals surface area contributed by atoms with Gasteiger partial charge in [-0.3, -0.25) is 0 Å². The number of benzene rings is 2. The Balaban J connectivity index is 1.91. The fourth-order valence-corrected chi connectivity index (χ4v) is 2.80. The van der Waals surface area contributed by atoms with E-state index in [9.17, 15) is 18.0 Å². The summed E-state index contributed by atoms with van der Waals surface area (Å²) in [6, 6.07) is 9.07. The molecule has 0 amide bonds. The number of carbonyl (C=O) groups is 1. The molecular formula is C21H19F3N2O5. The molecular weight excluding hydrogens is 417 g/mol. The van der Waals surface area contributed by atoms with Crippen LogP contribution >= 0.6 is 0 Å². The first-order valence-electron chi connectivity index (χ1n) is 9.21. The van der Waals surface area contributed by atoms with Crippen molar-refractivity contribution in [2.75, 3.05) is 13.7 Å². The highest BCUT2D eigenvalue weighted by Crippen LogP contribution is 2.41. The average Bonchev–Trinajstić information content (AvgIpc) is 3.23. The Morgan fingerprint density at radius 3 is 2.48 bits per heavy atom. The Morgan fingerprint density at radius 1 is 1.16 bits per heavy atom. The minimum Gasteiger partial charge on any atom is -0.497 e. The number of nitrogens with zero attached hydrogens (tertiary/aromatic N) is 2. The predicted molar refractivity (Wildman–Crippen MR) is 103 cm³/mol. The second-order valence-electron chi connectivity index (χ2n) is 6.45. The Kier molecular flexibility index (Phi) is 6.47. The third-order valence-corrected chi connectivity index (χ3v) is 4.26. The summed E-state index contributed by atoms with van der Waals surface area (Å²) in [7, 11) is 1.52. The minimum absolute atomic E-state index is 0.0286. The van der Waals surface area contributed by atoms with E-state index < -0.39 is 23.6 Å². The number of hydrogen-bond acceptors (Lipinski definition) is 7. The van der Waals surface area contributed by atoms with Crippen molar-refractivity contribution in [3.8, 4) is 22.9 Å². The third kappa shape index (κ3) is 5.14. The van der Waals surface area contributed by atoms with E-state index in [-0.39, 0.29) is 35.9 Å². The molecule has 0 bridgehead atoms. The SMILES string of the molecule is CCOC(=O)c1nc(-c2cc(C)c(OCc3ccc(OC)cc3)c(C(F)(F)F)c2)no1. The van der Waals surface area contributed by atoms with Crippen LogP contribution < -0.4 is 9.47 Å². The smallest absolute Gasteiger partial charge is 0.419 e. The van der Waals surface area contributed by atoms with Gasteiger partial charge in [0.05, 0.1) is 19.3 Å². The lowest BCUT2D eigenvalue weighted by atomic mass is 10.0. The van der Waals surface area contributed by atoms with Crippen molar-refractivity contribution < 1.29 is 36.7 Å². The summed E-state index contributed by atoms with van der Waals surface area (Å²) < 4.78 is 61.4. The molecule has 0 N–H and O–H groups in total. The van der Waals surface area contributed by atoms with Crippen LogP contribution in [0.4, 0.5) is 13.2 Å². The molecule has 0 atom stereocenters. The van der Waals surface area contributed by atoms with Crippen molar-refractivity contribution in [3.05, 3.63) is 59.0 Å². The van der Waals surface area contributed by atoms with Crippen LogP contribution in [0.25, 0.3) is 11.4 Å². The quantitative estimate of drug-likeness (QED) is 0.491. The van der Waals surface area contributed by atoms with Gasteiger partial charge in [0.2, 0.25) is 5.82 Å². The van der Waals surface area contributed by atoms with Crippen LogP contribution in [0.3, 0.4) is 0 Å². The first-order valence-corrected chi connectivity index (χ1v) is 9.21. The summed E-state index contributed by atoms with van der Waals surface area (Å²) in [4.78, 5) is 15.5. The molecule has 0 saturated carbocycles. The van der Waals surface area contributed by atoms with Gasteiger partial charge >= 0.3 is 18.0 Å². The van der Waals surface area contributed by atoms with Gasteiger partial charge in [-0.15, -0.1) is 0 Å². The zero-order valence-corrected chi connectivity index (χ0v) is 16.9. The molecule has 31 heavy (non-hydrogen) atoms. The van der Waals surface area contributed by atoms with E-state index in [4.69, 9.17) is 18.7 Å². The maximum absolute atomic E-state index is 13.7. The van der Waals surface area contributed by atoms with Gasteiger partial charge in [0, 0.05) is 5.56 Å². The fraction of sp³-hybridized carbons (Fsp3) is 0.286. The molecule has 0 saturated heterocycles. The van der Waals surface area contributed by atoms with Gasteiger partial charge in [0.25, 0.3) is 0 Å². The van der Waals surface area contributed by atoms with Crippen molar-refractivity contribution in [2.24, 2.45) is 0 Å². The van der Waals surface area contributed by atoms with Crippen LogP contribution in [0.1, 0.15) is 34.3 Å². The van der Waals surface area contributed by atoms with Crippen molar-refractivity contribution in [1.29, 1.82) is 0 Å². The topological polar surface area (TPSA) is 83.7 Å². The molecule has 0 radical (unpaired) electrons. The van der Waals surface area contributed by atoms with Gasteiger partial charge in [-0.05, 0) is 49.2 Å². The number of aromatic nitrogens is 2. The predicted octanol–water partition coefficient (Wildman–Crippen LogP) is 4.83. The summed E-state index contributed by atoms with van der Waals surface area (Å²) in [6.45, 7) is 3.10. The van der Waals surface area contributed by atoms with Crippen LogP contribution in [0.15, 0.2) is 40.9 Å².